The molecule has 1 N–H and O–H groups in total. The minimum absolute atomic E-state index is 0.0470. The van der Waals surface area contributed by atoms with Crippen LogP contribution in [0.4, 0.5) is 4.39 Å². The normalized spacial score (nSPS) is 16.8. The average molecular weight is 355 g/mol. The van der Waals surface area contributed by atoms with Gasteiger partial charge < -0.3 is 5.32 Å². The van der Waals surface area contributed by atoms with Crippen LogP contribution in [0.5, 0.6) is 0 Å². The molecule has 0 spiro atoms. The number of benzene rings is 2. The molecule has 0 bridgehead atoms. The van der Waals surface area contributed by atoms with E-state index in [0.29, 0.717) is 4.47 Å². The summed E-state index contributed by atoms with van der Waals surface area (Å²) in [4.78, 5) is 0. The second kappa shape index (κ2) is 5.47. The second-order valence-corrected chi connectivity index (χ2v) is 6.45. The van der Waals surface area contributed by atoms with E-state index in [2.05, 4.69) is 27.3 Å². The number of rotatable bonds is 3. The molecule has 0 atom stereocenters. The molecule has 0 radical (unpaired) electrons. The molecule has 0 amide bonds. The van der Waals surface area contributed by atoms with Gasteiger partial charge in [0, 0.05) is 23.5 Å². The molecule has 104 valence electrons. The van der Waals surface area contributed by atoms with Gasteiger partial charge in [-0.25, -0.2) is 4.39 Å². The van der Waals surface area contributed by atoms with Crippen LogP contribution in [-0.4, -0.2) is 13.1 Å². The summed E-state index contributed by atoms with van der Waals surface area (Å²) in [7, 11) is 0. The summed E-state index contributed by atoms with van der Waals surface area (Å²) < 4.78 is 14.2. The van der Waals surface area contributed by atoms with Crippen molar-refractivity contribution in [3.05, 3.63) is 68.9 Å². The van der Waals surface area contributed by atoms with E-state index in [-0.39, 0.29) is 11.2 Å². The highest BCUT2D eigenvalue weighted by atomic mass is 79.9. The van der Waals surface area contributed by atoms with Crippen LogP contribution in [0.25, 0.3) is 0 Å². The van der Waals surface area contributed by atoms with Gasteiger partial charge in [0.2, 0.25) is 0 Å². The van der Waals surface area contributed by atoms with E-state index in [1.165, 1.54) is 6.07 Å². The number of halogens is 3. The Bertz CT molecular complexity index is 640. The maximum absolute atomic E-state index is 13.7. The van der Waals surface area contributed by atoms with Crippen LogP contribution in [-0.2, 0) is 11.8 Å². The first-order valence-electron chi connectivity index (χ1n) is 6.51. The molecule has 4 heteroatoms. The van der Waals surface area contributed by atoms with Gasteiger partial charge in [0.1, 0.15) is 5.82 Å². The van der Waals surface area contributed by atoms with E-state index in [9.17, 15) is 4.39 Å². The zero-order chi connectivity index (χ0) is 14.2. The van der Waals surface area contributed by atoms with Gasteiger partial charge in [0.05, 0.1) is 4.47 Å². The van der Waals surface area contributed by atoms with Crippen molar-refractivity contribution in [1.82, 2.24) is 5.32 Å². The molecule has 1 aliphatic rings. The van der Waals surface area contributed by atoms with E-state index in [4.69, 9.17) is 11.6 Å². The number of hydrogen-bond donors (Lipinski definition) is 1. The van der Waals surface area contributed by atoms with Crippen molar-refractivity contribution >= 4 is 27.5 Å². The molecule has 1 fully saturated rings. The quantitative estimate of drug-likeness (QED) is 0.865. The van der Waals surface area contributed by atoms with Gasteiger partial charge >= 0.3 is 0 Å². The lowest BCUT2D eigenvalue weighted by Crippen LogP contribution is -2.58. The van der Waals surface area contributed by atoms with Crippen LogP contribution < -0.4 is 5.32 Å². The third-order valence-electron chi connectivity index (χ3n) is 3.93. The Morgan fingerprint density at radius 3 is 2.55 bits per heavy atom. The van der Waals surface area contributed by atoms with Crippen molar-refractivity contribution in [3.63, 3.8) is 0 Å². The molecule has 0 aromatic heterocycles. The van der Waals surface area contributed by atoms with Crippen LogP contribution in [0, 0.1) is 5.82 Å². The Balaban J connectivity index is 1.99. The Labute approximate surface area is 131 Å². The maximum Gasteiger partial charge on any atom is 0.137 e. The van der Waals surface area contributed by atoms with E-state index in [1.54, 1.807) is 6.07 Å². The molecule has 1 heterocycles. The molecule has 0 aliphatic carbocycles. The van der Waals surface area contributed by atoms with Crippen LogP contribution in [0.2, 0.25) is 5.02 Å². The molecule has 0 saturated carbocycles. The molecule has 1 saturated heterocycles. The number of hydrogen-bond acceptors (Lipinski definition) is 1. The molecular formula is C16H14BrClFN. The van der Waals surface area contributed by atoms with Crippen molar-refractivity contribution in [2.75, 3.05) is 13.1 Å². The average Bonchev–Trinajstić information content (AvgIpc) is 2.40. The molecule has 0 unspecified atom stereocenters. The molecule has 2 aromatic carbocycles. The Hall–Kier alpha value is -0.900. The van der Waals surface area contributed by atoms with Crippen LogP contribution in [0.1, 0.15) is 11.1 Å². The van der Waals surface area contributed by atoms with Crippen molar-refractivity contribution in [2.24, 2.45) is 0 Å². The van der Waals surface area contributed by atoms with Gasteiger partial charge in [-0.2, -0.15) is 0 Å². The van der Waals surface area contributed by atoms with Crippen LogP contribution in [0.15, 0.2) is 46.9 Å². The van der Waals surface area contributed by atoms with Crippen molar-refractivity contribution in [3.8, 4) is 0 Å². The van der Waals surface area contributed by atoms with Gasteiger partial charge in [-0.3, -0.25) is 0 Å². The summed E-state index contributed by atoms with van der Waals surface area (Å²) in [6.45, 7) is 1.72. The SMILES string of the molecule is Fc1cccc(CC2(c3ccccc3Cl)CNC2)c1Br. The standard InChI is InChI=1S/C16H14BrClFN/c17-15-11(4-3-7-14(15)19)8-16(9-20-10-16)12-5-1-2-6-13(12)18/h1-7,20H,8-10H2. The summed E-state index contributed by atoms with van der Waals surface area (Å²) in [6, 6.07) is 13.1. The highest BCUT2D eigenvalue weighted by molar-refractivity contribution is 9.10. The van der Waals surface area contributed by atoms with E-state index in [0.717, 1.165) is 35.7 Å². The monoisotopic (exact) mass is 353 g/mol. The third-order valence-corrected chi connectivity index (χ3v) is 5.15. The summed E-state index contributed by atoms with van der Waals surface area (Å²) in [5.74, 6) is -0.218. The summed E-state index contributed by atoms with van der Waals surface area (Å²) in [5, 5.41) is 4.09. The van der Waals surface area contributed by atoms with E-state index < -0.39 is 0 Å². The molecule has 20 heavy (non-hydrogen) atoms. The highest BCUT2D eigenvalue weighted by Gasteiger charge is 2.40. The van der Waals surface area contributed by atoms with Gasteiger partial charge in [-0.05, 0) is 45.6 Å². The maximum atomic E-state index is 13.7. The third kappa shape index (κ3) is 2.39. The van der Waals surface area contributed by atoms with Gasteiger partial charge in [0.15, 0.2) is 0 Å². The minimum Gasteiger partial charge on any atom is -0.315 e. The predicted octanol–water partition coefficient (Wildman–Crippen LogP) is 4.33. The fourth-order valence-corrected chi connectivity index (χ4v) is 3.52. The topological polar surface area (TPSA) is 12.0 Å². The molecule has 1 aliphatic heterocycles. The summed E-state index contributed by atoms with van der Waals surface area (Å²) >= 11 is 9.69. The lowest BCUT2D eigenvalue weighted by atomic mass is 9.71. The van der Waals surface area contributed by atoms with Crippen molar-refractivity contribution < 1.29 is 4.39 Å². The lowest BCUT2D eigenvalue weighted by Gasteiger charge is -2.44. The Kier molecular flexibility index (Phi) is 3.85. The number of nitrogens with one attached hydrogen (secondary N) is 1. The van der Waals surface area contributed by atoms with Gasteiger partial charge in [-0.15, -0.1) is 0 Å². The second-order valence-electron chi connectivity index (χ2n) is 5.25. The predicted molar refractivity (Wildman–Crippen MR) is 83.8 cm³/mol. The fourth-order valence-electron chi connectivity index (χ4n) is 2.78. The first kappa shape index (κ1) is 14.1. The summed E-state index contributed by atoms with van der Waals surface area (Å²) in [5.41, 5.74) is 2.07. The zero-order valence-electron chi connectivity index (χ0n) is 10.8. The first-order valence-corrected chi connectivity index (χ1v) is 7.68. The molecule has 2 aromatic rings. The lowest BCUT2D eigenvalue weighted by molar-refractivity contribution is 0.274. The summed E-state index contributed by atoms with van der Waals surface area (Å²) in [6.07, 6.45) is 0.766. The van der Waals surface area contributed by atoms with Crippen molar-refractivity contribution in [2.45, 2.75) is 11.8 Å². The smallest absolute Gasteiger partial charge is 0.137 e. The van der Waals surface area contributed by atoms with Crippen molar-refractivity contribution in [1.29, 1.82) is 0 Å². The Morgan fingerprint density at radius 1 is 1.15 bits per heavy atom. The van der Waals surface area contributed by atoms with Gasteiger partial charge in [0.25, 0.3) is 0 Å². The largest absolute Gasteiger partial charge is 0.315 e. The van der Waals surface area contributed by atoms with E-state index in [1.807, 2.05) is 24.3 Å². The Morgan fingerprint density at radius 2 is 1.90 bits per heavy atom. The first-order chi connectivity index (χ1) is 9.62. The van der Waals surface area contributed by atoms with Gasteiger partial charge in [-0.1, -0.05) is 41.9 Å². The highest BCUT2D eigenvalue weighted by Crippen LogP contribution is 2.38. The molecule has 1 nitrogen and oxygen atoms in total. The zero-order valence-corrected chi connectivity index (χ0v) is 13.1. The molecular weight excluding hydrogens is 341 g/mol. The minimum atomic E-state index is -0.218. The van der Waals surface area contributed by atoms with Crippen LogP contribution >= 0.6 is 27.5 Å². The molecule has 3 rings (SSSR count). The van der Waals surface area contributed by atoms with Crippen LogP contribution in [0.3, 0.4) is 0 Å². The van der Waals surface area contributed by atoms with E-state index >= 15 is 0 Å². The fraction of sp³-hybridized carbons (Fsp3) is 0.250.